The molecule has 0 bridgehead atoms. The summed E-state index contributed by atoms with van der Waals surface area (Å²) in [4.78, 5) is 16.4. The van der Waals surface area contributed by atoms with Gasteiger partial charge in [0.1, 0.15) is 4.90 Å². The number of fused-ring (bicyclic) bond motifs is 1. The molecule has 31 heavy (non-hydrogen) atoms. The van der Waals surface area contributed by atoms with Crippen LogP contribution in [0, 0.1) is 6.92 Å². The fourth-order valence-electron chi connectivity index (χ4n) is 4.75. The van der Waals surface area contributed by atoms with E-state index in [0.717, 1.165) is 11.3 Å². The zero-order valence-electron chi connectivity index (χ0n) is 18.3. The van der Waals surface area contributed by atoms with Crippen molar-refractivity contribution >= 4 is 43.2 Å². The van der Waals surface area contributed by atoms with Crippen LogP contribution in [-0.4, -0.2) is 50.3 Å². The summed E-state index contributed by atoms with van der Waals surface area (Å²) in [6.07, 6.45) is 0.647. The van der Waals surface area contributed by atoms with E-state index >= 15 is 0 Å². The van der Waals surface area contributed by atoms with E-state index in [1.807, 2.05) is 13.0 Å². The van der Waals surface area contributed by atoms with Crippen LogP contribution in [0.5, 0.6) is 0 Å². The SMILES string of the molecule is CC(=O)N1c2c(cc(Br)cc2S(=O)(=O)N2CCN(c3ccc(C)cc3)[C@@H](C)C2)C[C@H]1C. The van der Waals surface area contributed by atoms with E-state index in [4.69, 9.17) is 0 Å². The molecule has 1 amide bonds. The molecule has 2 aliphatic rings. The third-order valence-electron chi connectivity index (χ3n) is 6.23. The Morgan fingerprint density at radius 2 is 1.74 bits per heavy atom. The van der Waals surface area contributed by atoms with Gasteiger partial charge in [0.25, 0.3) is 0 Å². The van der Waals surface area contributed by atoms with Crippen LogP contribution in [0.4, 0.5) is 11.4 Å². The van der Waals surface area contributed by atoms with E-state index in [2.05, 4.69) is 58.9 Å². The van der Waals surface area contributed by atoms with Crippen LogP contribution in [-0.2, 0) is 21.2 Å². The Balaban J connectivity index is 1.66. The molecule has 0 unspecified atom stereocenters. The Hall–Kier alpha value is -1.90. The second-order valence-electron chi connectivity index (χ2n) is 8.59. The number of halogens is 1. The Kier molecular flexibility index (Phi) is 5.91. The largest absolute Gasteiger partial charge is 0.366 e. The van der Waals surface area contributed by atoms with E-state index < -0.39 is 10.0 Å². The lowest BCUT2D eigenvalue weighted by Gasteiger charge is -2.41. The average molecular weight is 506 g/mol. The van der Waals surface area contributed by atoms with Gasteiger partial charge in [-0.15, -0.1) is 0 Å². The molecule has 0 radical (unpaired) electrons. The van der Waals surface area contributed by atoms with Gasteiger partial charge in [-0.1, -0.05) is 33.6 Å². The average Bonchev–Trinajstić information content (AvgIpc) is 3.03. The zero-order chi connectivity index (χ0) is 22.5. The quantitative estimate of drug-likeness (QED) is 0.633. The fourth-order valence-corrected chi connectivity index (χ4v) is 7.17. The van der Waals surface area contributed by atoms with Crippen LogP contribution in [0.3, 0.4) is 0 Å². The van der Waals surface area contributed by atoms with Gasteiger partial charge in [-0.3, -0.25) is 4.79 Å². The van der Waals surface area contributed by atoms with E-state index in [0.29, 0.717) is 36.2 Å². The highest BCUT2D eigenvalue weighted by atomic mass is 79.9. The number of piperazine rings is 1. The van der Waals surface area contributed by atoms with Gasteiger partial charge < -0.3 is 9.80 Å². The van der Waals surface area contributed by atoms with E-state index in [1.54, 1.807) is 15.3 Å². The first-order valence-corrected chi connectivity index (χ1v) is 12.8. The number of aryl methyl sites for hydroxylation is 1. The van der Waals surface area contributed by atoms with Crippen molar-refractivity contribution in [2.45, 2.75) is 51.1 Å². The minimum atomic E-state index is -3.76. The monoisotopic (exact) mass is 505 g/mol. The van der Waals surface area contributed by atoms with Crippen molar-refractivity contribution in [1.29, 1.82) is 0 Å². The molecule has 0 aromatic heterocycles. The molecule has 0 spiro atoms. The normalized spacial score (nSPS) is 22.0. The maximum Gasteiger partial charge on any atom is 0.245 e. The number of benzene rings is 2. The summed E-state index contributed by atoms with van der Waals surface area (Å²) in [6.45, 7) is 8.97. The van der Waals surface area contributed by atoms with Gasteiger partial charge in [-0.25, -0.2) is 8.42 Å². The fraction of sp³-hybridized carbons (Fsp3) is 0.435. The molecular formula is C23H28BrN3O3S. The molecule has 2 heterocycles. The van der Waals surface area contributed by atoms with Crippen molar-refractivity contribution in [2.75, 3.05) is 29.4 Å². The van der Waals surface area contributed by atoms with Crippen LogP contribution in [0.25, 0.3) is 0 Å². The van der Waals surface area contributed by atoms with Gasteiger partial charge in [-0.2, -0.15) is 4.31 Å². The maximum absolute atomic E-state index is 13.8. The lowest BCUT2D eigenvalue weighted by atomic mass is 10.1. The molecular weight excluding hydrogens is 478 g/mol. The summed E-state index contributed by atoms with van der Waals surface area (Å²) in [5.41, 5.74) is 3.74. The van der Waals surface area contributed by atoms with Gasteiger partial charge in [-0.05, 0) is 57.0 Å². The number of hydrogen-bond acceptors (Lipinski definition) is 4. The summed E-state index contributed by atoms with van der Waals surface area (Å²) >= 11 is 3.47. The van der Waals surface area contributed by atoms with Crippen molar-refractivity contribution in [3.63, 3.8) is 0 Å². The first kappa shape index (κ1) is 22.3. The highest BCUT2D eigenvalue weighted by Gasteiger charge is 2.39. The zero-order valence-corrected chi connectivity index (χ0v) is 20.7. The molecule has 2 atom stereocenters. The summed E-state index contributed by atoms with van der Waals surface area (Å²) < 4.78 is 29.8. The molecule has 2 aliphatic heterocycles. The molecule has 8 heteroatoms. The van der Waals surface area contributed by atoms with Crippen LogP contribution in [0.2, 0.25) is 0 Å². The van der Waals surface area contributed by atoms with E-state index in [1.165, 1.54) is 12.5 Å². The Labute approximate surface area is 193 Å². The topological polar surface area (TPSA) is 60.9 Å². The second kappa shape index (κ2) is 8.22. The van der Waals surface area contributed by atoms with Crippen LogP contribution in [0.1, 0.15) is 31.9 Å². The van der Waals surface area contributed by atoms with Crippen molar-refractivity contribution < 1.29 is 13.2 Å². The minimum absolute atomic E-state index is 0.0364. The van der Waals surface area contributed by atoms with Crippen LogP contribution in [0.15, 0.2) is 45.8 Å². The molecule has 166 valence electrons. The minimum Gasteiger partial charge on any atom is -0.366 e. The number of nitrogens with zero attached hydrogens (tertiary/aromatic N) is 3. The molecule has 2 aromatic rings. The molecule has 1 fully saturated rings. The third kappa shape index (κ3) is 4.01. The molecule has 6 nitrogen and oxygen atoms in total. The third-order valence-corrected chi connectivity index (χ3v) is 8.56. The van der Waals surface area contributed by atoms with Crippen molar-refractivity contribution in [3.05, 3.63) is 52.0 Å². The lowest BCUT2D eigenvalue weighted by Crippen LogP contribution is -2.53. The summed E-state index contributed by atoms with van der Waals surface area (Å²) in [5, 5.41) is 0. The summed E-state index contributed by atoms with van der Waals surface area (Å²) in [5.74, 6) is -0.136. The standard InChI is InChI=1S/C23H28BrN3O3S/c1-15-5-7-21(8-6-15)26-10-9-25(14-17(26)3)31(29,30)22-13-20(24)12-19-11-16(2)27(18(4)28)23(19)22/h5-8,12-13,16-17H,9-11,14H2,1-4H3/t16-,17+/m1/s1. The molecule has 4 rings (SSSR count). The number of anilines is 2. The molecule has 2 aromatic carbocycles. The highest BCUT2D eigenvalue weighted by molar-refractivity contribution is 9.10. The molecule has 0 aliphatic carbocycles. The number of rotatable bonds is 3. The number of sulfonamides is 1. The van der Waals surface area contributed by atoms with E-state index in [-0.39, 0.29) is 22.9 Å². The van der Waals surface area contributed by atoms with Crippen LogP contribution < -0.4 is 9.80 Å². The first-order valence-electron chi connectivity index (χ1n) is 10.5. The first-order chi connectivity index (χ1) is 14.6. The van der Waals surface area contributed by atoms with Crippen LogP contribution >= 0.6 is 15.9 Å². The Bertz CT molecular complexity index is 1120. The Morgan fingerprint density at radius 3 is 2.35 bits per heavy atom. The van der Waals surface area contributed by atoms with Gasteiger partial charge >= 0.3 is 0 Å². The summed E-state index contributed by atoms with van der Waals surface area (Å²) in [6, 6.07) is 11.9. The predicted octanol–water partition coefficient (Wildman–Crippen LogP) is 3.95. The maximum atomic E-state index is 13.8. The lowest BCUT2D eigenvalue weighted by molar-refractivity contribution is -0.116. The number of amides is 1. The molecule has 1 saturated heterocycles. The van der Waals surface area contributed by atoms with Crippen molar-refractivity contribution in [1.82, 2.24) is 4.31 Å². The van der Waals surface area contributed by atoms with Gasteiger partial charge in [0.2, 0.25) is 15.9 Å². The smallest absolute Gasteiger partial charge is 0.245 e. The van der Waals surface area contributed by atoms with Gasteiger partial charge in [0.05, 0.1) is 5.69 Å². The van der Waals surface area contributed by atoms with Gasteiger partial charge in [0.15, 0.2) is 0 Å². The molecule has 0 N–H and O–H groups in total. The van der Waals surface area contributed by atoms with Gasteiger partial charge in [0, 0.05) is 48.8 Å². The molecule has 0 saturated carbocycles. The van der Waals surface area contributed by atoms with Crippen molar-refractivity contribution in [3.8, 4) is 0 Å². The number of carbonyl (C=O) groups excluding carboxylic acids is 1. The predicted molar refractivity (Wildman–Crippen MR) is 127 cm³/mol. The van der Waals surface area contributed by atoms with Crippen molar-refractivity contribution in [2.24, 2.45) is 0 Å². The number of carbonyl (C=O) groups is 1. The van der Waals surface area contributed by atoms with E-state index in [9.17, 15) is 13.2 Å². The highest BCUT2D eigenvalue weighted by Crippen LogP contribution is 2.41. The Morgan fingerprint density at radius 1 is 1.06 bits per heavy atom. The summed E-state index contributed by atoms with van der Waals surface area (Å²) in [7, 11) is -3.76. The number of hydrogen-bond donors (Lipinski definition) is 0. The second-order valence-corrected chi connectivity index (χ2v) is 11.4.